The number of ketones is 1. The van der Waals surface area contributed by atoms with Crippen molar-refractivity contribution < 1.29 is 22.7 Å². The van der Waals surface area contributed by atoms with E-state index >= 15 is 0 Å². The Kier molecular flexibility index (Phi) is 5.61. The lowest BCUT2D eigenvalue weighted by Crippen LogP contribution is -2.38. The van der Waals surface area contributed by atoms with Crippen molar-refractivity contribution in [1.29, 1.82) is 0 Å². The number of Topliss-reactive ketones (excluding diaryl/α,β-unsaturated/α-hetero) is 1. The lowest BCUT2D eigenvalue weighted by Gasteiger charge is -2.32. The SMILES string of the molecule is COc1cccc(C(=O)C2CCCN(Cc3c(F)ccc(F)c3F)C2)c1. The Hall–Kier alpha value is -2.34. The molecule has 0 aromatic heterocycles. The summed E-state index contributed by atoms with van der Waals surface area (Å²) in [5, 5.41) is 0. The van der Waals surface area contributed by atoms with E-state index in [0.29, 0.717) is 30.8 Å². The van der Waals surface area contributed by atoms with Crippen LogP contribution in [0.4, 0.5) is 13.2 Å². The first-order chi connectivity index (χ1) is 12.5. The Bertz CT molecular complexity index is 810. The number of halogens is 3. The highest BCUT2D eigenvalue weighted by Crippen LogP contribution is 2.25. The van der Waals surface area contributed by atoms with Crippen LogP contribution in [0.1, 0.15) is 28.8 Å². The normalized spacial score (nSPS) is 17.9. The van der Waals surface area contributed by atoms with Gasteiger partial charge in [-0.2, -0.15) is 0 Å². The van der Waals surface area contributed by atoms with Crippen LogP contribution in [0.15, 0.2) is 36.4 Å². The Balaban J connectivity index is 1.73. The number of methoxy groups -OCH3 is 1. The molecule has 0 aliphatic carbocycles. The molecular formula is C20H20F3NO2. The number of rotatable bonds is 5. The zero-order valence-corrected chi connectivity index (χ0v) is 14.5. The summed E-state index contributed by atoms with van der Waals surface area (Å²) in [7, 11) is 1.54. The molecule has 0 spiro atoms. The molecule has 138 valence electrons. The van der Waals surface area contributed by atoms with Crippen molar-refractivity contribution in [2.45, 2.75) is 19.4 Å². The molecule has 2 aromatic carbocycles. The van der Waals surface area contributed by atoms with Crippen LogP contribution in [0, 0.1) is 23.4 Å². The van der Waals surface area contributed by atoms with Crippen LogP contribution in [0.5, 0.6) is 5.75 Å². The number of benzene rings is 2. The second-order valence-electron chi connectivity index (χ2n) is 6.49. The van der Waals surface area contributed by atoms with Gasteiger partial charge < -0.3 is 4.74 Å². The second kappa shape index (κ2) is 7.91. The van der Waals surface area contributed by atoms with Crippen LogP contribution in [-0.2, 0) is 6.54 Å². The standard InChI is InChI=1S/C20H20F3NO2/c1-26-15-6-2-4-13(10-15)20(25)14-5-3-9-24(11-14)12-16-17(21)7-8-18(22)19(16)23/h2,4,6-8,10,14H,3,5,9,11-12H2,1H3. The van der Waals surface area contributed by atoms with Crippen LogP contribution in [0.3, 0.4) is 0 Å². The molecule has 0 bridgehead atoms. The summed E-state index contributed by atoms with van der Waals surface area (Å²) in [5.41, 5.74) is 0.263. The number of piperidine rings is 1. The molecule has 0 N–H and O–H groups in total. The number of ether oxygens (including phenoxy) is 1. The van der Waals surface area contributed by atoms with E-state index in [9.17, 15) is 18.0 Å². The topological polar surface area (TPSA) is 29.5 Å². The molecule has 3 nitrogen and oxygen atoms in total. The van der Waals surface area contributed by atoms with Crippen molar-refractivity contribution in [3.05, 3.63) is 65.0 Å². The minimum Gasteiger partial charge on any atom is -0.497 e. The summed E-state index contributed by atoms with van der Waals surface area (Å²) < 4.78 is 46.3. The van der Waals surface area contributed by atoms with Crippen molar-refractivity contribution >= 4 is 5.78 Å². The first-order valence-electron chi connectivity index (χ1n) is 8.52. The average Bonchev–Trinajstić information content (AvgIpc) is 2.68. The summed E-state index contributed by atoms with van der Waals surface area (Å²) in [5.74, 6) is -2.68. The number of hydrogen-bond acceptors (Lipinski definition) is 3. The smallest absolute Gasteiger partial charge is 0.167 e. The van der Waals surface area contributed by atoms with Crippen molar-refractivity contribution in [1.82, 2.24) is 4.90 Å². The van der Waals surface area contributed by atoms with Crippen molar-refractivity contribution in [3.8, 4) is 5.75 Å². The Labute approximate surface area is 150 Å². The van der Waals surface area contributed by atoms with E-state index in [-0.39, 0.29) is 23.8 Å². The third-order valence-electron chi connectivity index (χ3n) is 4.75. The van der Waals surface area contributed by atoms with Gasteiger partial charge in [-0.1, -0.05) is 12.1 Å². The maximum atomic E-state index is 13.9. The zero-order valence-electron chi connectivity index (χ0n) is 14.5. The minimum absolute atomic E-state index is 0.0196. The van der Waals surface area contributed by atoms with Gasteiger partial charge in [-0.25, -0.2) is 13.2 Å². The van der Waals surface area contributed by atoms with Crippen molar-refractivity contribution in [3.63, 3.8) is 0 Å². The van der Waals surface area contributed by atoms with E-state index < -0.39 is 17.5 Å². The molecule has 1 fully saturated rings. The molecule has 1 aliphatic rings. The van der Waals surface area contributed by atoms with Gasteiger partial charge in [0.05, 0.1) is 7.11 Å². The number of carbonyl (C=O) groups excluding carboxylic acids is 1. The molecule has 6 heteroatoms. The summed E-state index contributed by atoms with van der Waals surface area (Å²) in [4.78, 5) is 14.6. The third-order valence-corrected chi connectivity index (χ3v) is 4.75. The van der Waals surface area contributed by atoms with Gasteiger partial charge in [0, 0.05) is 30.1 Å². The van der Waals surface area contributed by atoms with Gasteiger partial charge in [0.15, 0.2) is 17.4 Å². The van der Waals surface area contributed by atoms with Gasteiger partial charge in [0.2, 0.25) is 0 Å². The molecule has 1 heterocycles. The monoisotopic (exact) mass is 363 g/mol. The Morgan fingerprint density at radius 2 is 1.96 bits per heavy atom. The number of hydrogen-bond donors (Lipinski definition) is 0. The fraction of sp³-hybridized carbons (Fsp3) is 0.350. The van der Waals surface area contributed by atoms with E-state index in [1.807, 2.05) is 0 Å². The highest BCUT2D eigenvalue weighted by molar-refractivity contribution is 5.98. The highest BCUT2D eigenvalue weighted by Gasteiger charge is 2.28. The van der Waals surface area contributed by atoms with Crippen molar-refractivity contribution in [2.24, 2.45) is 5.92 Å². The van der Waals surface area contributed by atoms with Gasteiger partial charge in [-0.3, -0.25) is 9.69 Å². The van der Waals surface area contributed by atoms with E-state index in [0.717, 1.165) is 18.6 Å². The Morgan fingerprint density at radius 1 is 1.19 bits per heavy atom. The van der Waals surface area contributed by atoms with Gasteiger partial charge in [0.1, 0.15) is 11.6 Å². The summed E-state index contributed by atoms with van der Waals surface area (Å²) in [6.45, 7) is 0.931. The largest absolute Gasteiger partial charge is 0.497 e. The second-order valence-corrected chi connectivity index (χ2v) is 6.49. The molecule has 1 atom stereocenters. The molecule has 0 saturated carbocycles. The molecule has 1 aliphatic heterocycles. The summed E-state index contributed by atoms with van der Waals surface area (Å²) >= 11 is 0. The van der Waals surface area contributed by atoms with Crippen LogP contribution >= 0.6 is 0 Å². The van der Waals surface area contributed by atoms with E-state index in [2.05, 4.69) is 0 Å². The summed E-state index contributed by atoms with van der Waals surface area (Å²) in [6, 6.07) is 8.64. The fourth-order valence-corrected chi connectivity index (χ4v) is 3.36. The molecule has 1 saturated heterocycles. The van der Waals surface area contributed by atoms with Gasteiger partial charge in [-0.05, 0) is 43.7 Å². The quantitative estimate of drug-likeness (QED) is 0.589. The van der Waals surface area contributed by atoms with Gasteiger partial charge in [-0.15, -0.1) is 0 Å². The zero-order chi connectivity index (χ0) is 18.7. The highest BCUT2D eigenvalue weighted by atomic mass is 19.2. The molecule has 1 unspecified atom stereocenters. The fourth-order valence-electron chi connectivity index (χ4n) is 3.36. The third kappa shape index (κ3) is 3.90. The molecular weight excluding hydrogens is 343 g/mol. The predicted octanol–water partition coefficient (Wildman–Crippen LogP) is 4.21. The van der Waals surface area contributed by atoms with Crippen LogP contribution in [0.2, 0.25) is 0 Å². The van der Waals surface area contributed by atoms with Gasteiger partial charge in [0.25, 0.3) is 0 Å². The summed E-state index contributed by atoms with van der Waals surface area (Å²) in [6.07, 6.45) is 1.44. The van der Waals surface area contributed by atoms with E-state index in [4.69, 9.17) is 4.74 Å². The number of likely N-dealkylation sites (tertiary alicyclic amines) is 1. The first-order valence-corrected chi connectivity index (χ1v) is 8.52. The molecule has 26 heavy (non-hydrogen) atoms. The Morgan fingerprint density at radius 3 is 2.73 bits per heavy atom. The number of nitrogens with zero attached hydrogens (tertiary/aromatic N) is 1. The molecule has 0 amide bonds. The molecule has 0 radical (unpaired) electrons. The van der Waals surface area contributed by atoms with Crippen LogP contribution < -0.4 is 4.74 Å². The number of carbonyl (C=O) groups is 1. The van der Waals surface area contributed by atoms with Crippen LogP contribution in [0.25, 0.3) is 0 Å². The first kappa shape index (κ1) is 18.5. The maximum absolute atomic E-state index is 13.9. The molecule has 3 rings (SSSR count). The lowest BCUT2D eigenvalue weighted by atomic mass is 9.89. The molecule has 2 aromatic rings. The van der Waals surface area contributed by atoms with E-state index in [1.54, 1.807) is 29.2 Å². The average molecular weight is 363 g/mol. The van der Waals surface area contributed by atoms with Crippen LogP contribution in [-0.4, -0.2) is 30.9 Å². The predicted molar refractivity (Wildman–Crippen MR) is 91.6 cm³/mol. The lowest BCUT2D eigenvalue weighted by molar-refractivity contribution is 0.0808. The maximum Gasteiger partial charge on any atom is 0.167 e. The van der Waals surface area contributed by atoms with Crippen molar-refractivity contribution in [2.75, 3.05) is 20.2 Å². The van der Waals surface area contributed by atoms with Gasteiger partial charge >= 0.3 is 0 Å². The van der Waals surface area contributed by atoms with E-state index in [1.165, 1.54) is 7.11 Å². The minimum atomic E-state index is -1.16.